The molecule has 1 saturated heterocycles. The summed E-state index contributed by atoms with van der Waals surface area (Å²) in [6.45, 7) is -0.603. The topological polar surface area (TPSA) is 92.8 Å². The van der Waals surface area contributed by atoms with E-state index in [0.717, 1.165) is 10.5 Å². The van der Waals surface area contributed by atoms with Crippen LogP contribution >= 0.6 is 23.2 Å². The number of likely N-dealkylation sites (tertiary alicyclic amines) is 1. The van der Waals surface area contributed by atoms with Crippen LogP contribution in [0.25, 0.3) is 0 Å². The average molecular weight is 501 g/mol. The number of fused-ring (bicyclic) bond motifs is 1. The van der Waals surface area contributed by atoms with Crippen LogP contribution in [0.15, 0.2) is 60.7 Å². The zero-order valence-corrected chi connectivity index (χ0v) is 19.6. The number of benzene rings is 2. The van der Waals surface area contributed by atoms with Crippen LogP contribution in [0.3, 0.4) is 0 Å². The van der Waals surface area contributed by atoms with Gasteiger partial charge in [-0.1, -0.05) is 65.7 Å². The van der Waals surface area contributed by atoms with Crippen LogP contribution in [0.4, 0.5) is 5.69 Å². The number of nitrogens with one attached hydrogen (secondary N) is 1. The SMILES string of the molecule is O=C(COC(=O)[C@H](Cc1ccccc1)N1C(=O)[C@@H]2CC=CC[C@H]2C1=O)Nc1ccc(Cl)cc1Cl. The monoisotopic (exact) mass is 500 g/mol. The van der Waals surface area contributed by atoms with Crippen molar-refractivity contribution >= 4 is 52.6 Å². The van der Waals surface area contributed by atoms with E-state index in [1.165, 1.54) is 12.1 Å². The summed E-state index contributed by atoms with van der Waals surface area (Å²) in [5, 5.41) is 3.19. The second kappa shape index (κ2) is 10.4. The number of carbonyl (C=O) groups excluding carboxylic acids is 4. The van der Waals surface area contributed by atoms with Gasteiger partial charge in [0.25, 0.3) is 5.91 Å². The first-order valence-corrected chi connectivity index (χ1v) is 11.6. The van der Waals surface area contributed by atoms with E-state index in [0.29, 0.717) is 23.6 Å². The van der Waals surface area contributed by atoms with E-state index in [4.69, 9.17) is 27.9 Å². The van der Waals surface area contributed by atoms with Gasteiger partial charge in [0.2, 0.25) is 11.8 Å². The van der Waals surface area contributed by atoms with Crippen LogP contribution in [0.5, 0.6) is 0 Å². The Hall–Kier alpha value is -3.16. The Morgan fingerprint density at radius 3 is 2.26 bits per heavy atom. The lowest BCUT2D eigenvalue weighted by atomic mass is 9.85. The number of imide groups is 1. The Balaban J connectivity index is 1.48. The molecule has 2 aliphatic rings. The zero-order chi connectivity index (χ0) is 24.2. The van der Waals surface area contributed by atoms with Gasteiger partial charge in [-0.15, -0.1) is 0 Å². The number of carbonyl (C=O) groups is 4. The second-order valence-corrected chi connectivity index (χ2v) is 9.03. The number of hydrogen-bond acceptors (Lipinski definition) is 5. The Kier molecular flexibility index (Phi) is 7.34. The smallest absolute Gasteiger partial charge is 0.330 e. The molecule has 176 valence electrons. The maximum absolute atomic E-state index is 13.1. The van der Waals surface area contributed by atoms with Crippen molar-refractivity contribution in [2.45, 2.75) is 25.3 Å². The molecule has 3 atom stereocenters. The first-order chi connectivity index (χ1) is 16.3. The molecule has 1 N–H and O–H groups in total. The predicted octanol–water partition coefficient (Wildman–Crippen LogP) is 4.04. The fourth-order valence-electron chi connectivity index (χ4n) is 4.26. The van der Waals surface area contributed by atoms with E-state index < -0.39 is 36.4 Å². The molecule has 1 heterocycles. The number of rotatable bonds is 7. The van der Waals surface area contributed by atoms with Gasteiger partial charge in [-0.05, 0) is 36.6 Å². The Labute approximate surface area is 206 Å². The lowest BCUT2D eigenvalue weighted by Gasteiger charge is -2.25. The van der Waals surface area contributed by atoms with Crippen molar-refractivity contribution in [3.63, 3.8) is 0 Å². The summed E-state index contributed by atoms with van der Waals surface area (Å²) in [6.07, 6.45) is 4.78. The van der Waals surface area contributed by atoms with Crippen molar-refractivity contribution in [3.8, 4) is 0 Å². The maximum atomic E-state index is 13.1. The lowest BCUT2D eigenvalue weighted by Crippen LogP contribution is -2.48. The minimum atomic E-state index is -1.17. The first-order valence-electron chi connectivity index (χ1n) is 10.8. The van der Waals surface area contributed by atoms with Crippen LogP contribution < -0.4 is 5.32 Å². The molecular weight excluding hydrogens is 479 g/mol. The zero-order valence-electron chi connectivity index (χ0n) is 18.1. The van der Waals surface area contributed by atoms with E-state index in [9.17, 15) is 19.2 Å². The minimum absolute atomic E-state index is 0.0919. The van der Waals surface area contributed by atoms with E-state index >= 15 is 0 Å². The van der Waals surface area contributed by atoms with Gasteiger partial charge in [0.05, 0.1) is 22.5 Å². The maximum Gasteiger partial charge on any atom is 0.330 e. The van der Waals surface area contributed by atoms with Crippen molar-refractivity contribution < 1.29 is 23.9 Å². The van der Waals surface area contributed by atoms with Crippen LogP contribution in [0.2, 0.25) is 10.0 Å². The summed E-state index contributed by atoms with van der Waals surface area (Å²) >= 11 is 11.9. The number of nitrogens with zero attached hydrogens (tertiary/aromatic N) is 1. The Morgan fingerprint density at radius 1 is 1.00 bits per heavy atom. The number of anilines is 1. The number of amides is 3. The van der Waals surface area contributed by atoms with Gasteiger partial charge in [-0.2, -0.15) is 0 Å². The molecule has 2 aromatic carbocycles. The van der Waals surface area contributed by atoms with Gasteiger partial charge in [0.1, 0.15) is 6.04 Å². The molecule has 9 heteroatoms. The number of allylic oxidation sites excluding steroid dienone is 2. The van der Waals surface area contributed by atoms with Crippen molar-refractivity contribution in [2.24, 2.45) is 11.8 Å². The molecule has 4 rings (SSSR count). The molecule has 0 spiro atoms. The highest BCUT2D eigenvalue weighted by Gasteiger charge is 2.51. The normalized spacial score (nSPS) is 20.1. The van der Waals surface area contributed by atoms with Crippen molar-refractivity contribution in [1.29, 1.82) is 0 Å². The molecule has 0 aromatic heterocycles. The highest BCUT2D eigenvalue weighted by molar-refractivity contribution is 6.36. The molecule has 0 saturated carbocycles. The molecule has 34 heavy (non-hydrogen) atoms. The number of esters is 1. The average Bonchev–Trinajstić information content (AvgIpc) is 3.08. The summed E-state index contributed by atoms with van der Waals surface area (Å²) in [5.41, 5.74) is 1.07. The number of hydrogen-bond donors (Lipinski definition) is 1. The first kappa shape index (κ1) is 24.0. The van der Waals surface area contributed by atoms with Gasteiger partial charge in [-0.25, -0.2) is 4.79 Å². The summed E-state index contributed by atoms with van der Waals surface area (Å²) < 4.78 is 5.25. The summed E-state index contributed by atoms with van der Waals surface area (Å²) in [5.74, 6) is -3.15. The van der Waals surface area contributed by atoms with Crippen LogP contribution in [0, 0.1) is 11.8 Å². The molecule has 0 bridgehead atoms. The molecule has 3 amide bonds. The lowest BCUT2D eigenvalue weighted by molar-refractivity contribution is -0.159. The van der Waals surface area contributed by atoms with Crippen molar-refractivity contribution in [2.75, 3.05) is 11.9 Å². The molecule has 0 unspecified atom stereocenters. The van der Waals surface area contributed by atoms with E-state index in [1.54, 1.807) is 30.3 Å². The van der Waals surface area contributed by atoms with E-state index in [-0.39, 0.29) is 23.3 Å². The number of halogens is 2. The van der Waals surface area contributed by atoms with Crippen LogP contribution in [0.1, 0.15) is 18.4 Å². The standard InChI is InChI=1S/C25H22Cl2N2O5/c26-16-10-11-20(19(27)13-16)28-22(30)14-34-25(33)21(12-15-6-2-1-3-7-15)29-23(31)17-8-4-5-9-18(17)24(29)32/h1-7,10-11,13,17-18,21H,8-9,12,14H2,(H,28,30)/t17-,18-,21+/m1/s1. The third kappa shape index (κ3) is 5.16. The van der Waals surface area contributed by atoms with Crippen LogP contribution in [-0.4, -0.2) is 41.2 Å². The summed E-state index contributed by atoms with van der Waals surface area (Å²) in [7, 11) is 0. The second-order valence-electron chi connectivity index (χ2n) is 8.19. The highest BCUT2D eigenvalue weighted by Crippen LogP contribution is 2.36. The fraction of sp³-hybridized carbons (Fsp3) is 0.280. The fourth-order valence-corrected chi connectivity index (χ4v) is 4.72. The third-order valence-electron chi connectivity index (χ3n) is 5.95. The van der Waals surface area contributed by atoms with Gasteiger partial charge < -0.3 is 10.1 Å². The Bertz CT molecular complexity index is 1130. The van der Waals surface area contributed by atoms with Gasteiger partial charge in [-0.3, -0.25) is 19.3 Å². The van der Waals surface area contributed by atoms with Gasteiger partial charge in [0, 0.05) is 11.4 Å². The molecule has 7 nitrogen and oxygen atoms in total. The highest BCUT2D eigenvalue weighted by atomic mass is 35.5. The predicted molar refractivity (Wildman–Crippen MR) is 127 cm³/mol. The summed E-state index contributed by atoms with van der Waals surface area (Å²) in [4.78, 5) is 52.7. The minimum Gasteiger partial charge on any atom is -0.454 e. The molecule has 0 radical (unpaired) electrons. The molecular formula is C25H22Cl2N2O5. The molecule has 2 aromatic rings. The quantitative estimate of drug-likeness (QED) is 0.351. The molecule has 1 aliphatic carbocycles. The molecule has 1 aliphatic heterocycles. The Morgan fingerprint density at radius 2 is 1.65 bits per heavy atom. The number of ether oxygens (including phenoxy) is 1. The van der Waals surface area contributed by atoms with Gasteiger partial charge >= 0.3 is 5.97 Å². The third-order valence-corrected chi connectivity index (χ3v) is 6.50. The largest absolute Gasteiger partial charge is 0.454 e. The molecule has 1 fully saturated rings. The van der Waals surface area contributed by atoms with E-state index in [2.05, 4.69) is 5.32 Å². The van der Waals surface area contributed by atoms with Crippen LogP contribution in [-0.2, 0) is 30.3 Å². The van der Waals surface area contributed by atoms with Gasteiger partial charge in [0.15, 0.2) is 6.61 Å². The van der Waals surface area contributed by atoms with E-state index in [1.807, 2.05) is 18.2 Å². The summed E-state index contributed by atoms with van der Waals surface area (Å²) in [6, 6.07) is 12.4. The van der Waals surface area contributed by atoms with Crippen molar-refractivity contribution in [3.05, 3.63) is 76.3 Å². The van der Waals surface area contributed by atoms with Crippen molar-refractivity contribution in [1.82, 2.24) is 4.90 Å².